The number of benzene rings is 1. The molecule has 0 radical (unpaired) electrons. The molecule has 0 aliphatic carbocycles. The molecule has 0 aliphatic rings. The fourth-order valence-corrected chi connectivity index (χ4v) is 2.84. The van der Waals surface area contributed by atoms with E-state index in [1.54, 1.807) is 12.3 Å². The molecule has 0 bridgehead atoms. The minimum Gasteiger partial charge on any atom is -0.352 e. The highest BCUT2D eigenvalue weighted by atomic mass is 16.1. The summed E-state index contributed by atoms with van der Waals surface area (Å²) in [7, 11) is 0. The van der Waals surface area contributed by atoms with Crippen molar-refractivity contribution in [2.24, 2.45) is 0 Å². The van der Waals surface area contributed by atoms with Gasteiger partial charge in [0.2, 0.25) is 5.91 Å². The topological polar surface area (TPSA) is 59.8 Å². The highest BCUT2D eigenvalue weighted by molar-refractivity contribution is 5.91. The van der Waals surface area contributed by atoms with Crippen LogP contribution in [0, 0.1) is 13.8 Å². The van der Waals surface area contributed by atoms with Crippen LogP contribution in [-0.4, -0.2) is 27.2 Å². The summed E-state index contributed by atoms with van der Waals surface area (Å²) in [5.74, 6) is 0.704. The largest absolute Gasteiger partial charge is 0.352 e. The average Bonchev–Trinajstić information content (AvgIpc) is 2.96. The Morgan fingerprint density at radius 2 is 1.88 bits per heavy atom. The Hall–Kier alpha value is -3.21. The molecule has 1 aromatic carbocycles. The predicted octanol–water partition coefficient (Wildman–Crippen LogP) is 3.26. The van der Waals surface area contributed by atoms with Crippen LogP contribution in [0.25, 0.3) is 11.9 Å². The van der Waals surface area contributed by atoms with E-state index in [1.165, 1.54) is 0 Å². The summed E-state index contributed by atoms with van der Waals surface area (Å²) < 4.78 is 1.85. The molecule has 0 unspecified atom stereocenters. The zero-order valence-electron chi connectivity index (χ0n) is 15.0. The first kappa shape index (κ1) is 17.6. The molecular weight excluding hydrogens is 324 g/mol. The van der Waals surface area contributed by atoms with Crippen molar-refractivity contribution in [1.82, 2.24) is 20.1 Å². The number of hydrogen-bond donors (Lipinski definition) is 1. The first-order valence-corrected chi connectivity index (χ1v) is 8.62. The van der Waals surface area contributed by atoms with Crippen molar-refractivity contribution < 1.29 is 4.79 Å². The van der Waals surface area contributed by atoms with Crippen LogP contribution < -0.4 is 5.32 Å². The Balaban J connectivity index is 1.59. The smallest absolute Gasteiger partial charge is 0.244 e. The van der Waals surface area contributed by atoms with Crippen LogP contribution in [0.1, 0.15) is 22.5 Å². The number of aromatic nitrogens is 3. The Labute approximate surface area is 153 Å². The Bertz CT molecular complexity index is 899. The maximum absolute atomic E-state index is 12.0. The van der Waals surface area contributed by atoms with Crippen LogP contribution in [0.15, 0.2) is 60.8 Å². The number of amides is 1. The van der Waals surface area contributed by atoms with Crippen LogP contribution in [0.2, 0.25) is 0 Å². The van der Waals surface area contributed by atoms with Gasteiger partial charge in [-0.25, -0.2) is 9.67 Å². The molecule has 0 saturated carbocycles. The molecule has 3 rings (SSSR count). The van der Waals surface area contributed by atoms with Crippen molar-refractivity contribution in [3.05, 3.63) is 83.3 Å². The molecule has 2 heterocycles. The number of aryl methyl sites for hydroxylation is 1. The SMILES string of the molecule is Cc1nn(-c2ccccn2)c(C)c1CCNC(=O)C=Cc1ccccc1. The summed E-state index contributed by atoms with van der Waals surface area (Å²) in [6, 6.07) is 15.5. The number of rotatable bonds is 6. The third kappa shape index (κ3) is 4.25. The Morgan fingerprint density at radius 3 is 2.62 bits per heavy atom. The molecule has 0 aliphatic heterocycles. The van der Waals surface area contributed by atoms with E-state index in [4.69, 9.17) is 0 Å². The van der Waals surface area contributed by atoms with Gasteiger partial charge < -0.3 is 5.32 Å². The lowest BCUT2D eigenvalue weighted by Crippen LogP contribution is -2.23. The second kappa shape index (κ2) is 8.25. The van der Waals surface area contributed by atoms with Crippen molar-refractivity contribution in [3.8, 4) is 5.82 Å². The van der Waals surface area contributed by atoms with Gasteiger partial charge in [-0.2, -0.15) is 5.10 Å². The standard InChI is InChI=1S/C21H22N4O/c1-16-19(17(2)25(24-16)20-10-6-7-14-22-20)13-15-23-21(26)12-11-18-8-4-3-5-9-18/h3-12,14H,13,15H2,1-2H3,(H,23,26). The predicted molar refractivity (Wildman–Crippen MR) is 103 cm³/mol. The van der Waals surface area contributed by atoms with Crippen LogP contribution >= 0.6 is 0 Å². The zero-order valence-corrected chi connectivity index (χ0v) is 15.0. The van der Waals surface area contributed by atoms with Crippen LogP contribution in [-0.2, 0) is 11.2 Å². The maximum Gasteiger partial charge on any atom is 0.244 e. The van der Waals surface area contributed by atoms with Gasteiger partial charge in [0, 0.05) is 24.5 Å². The first-order valence-electron chi connectivity index (χ1n) is 8.62. The number of nitrogens with one attached hydrogen (secondary N) is 1. The van der Waals surface area contributed by atoms with Crippen LogP contribution in [0.4, 0.5) is 0 Å². The molecular formula is C21H22N4O. The van der Waals surface area contributed by atoms with Gasteiger partial charge in [-0.3, -0.25) is 4.79 Å². The monoisotopic (exact) mass is 346 g/mol. The molecule has 0 fully saturated rings. The van der Waals surface area contributed by atoms with Gasteiger partial charge in [0.1, 0.15) is 0 Å². The fraction of sp³-hybridized carbons (Fsp3) is 0.190. The van der Waals surface area contributed by atoms with Crippen molar-refractivity contribution >= 4 is 12.0 Å². The number of pyridine rings is 1. The lowest BCUT2D eigenvalue weighted by molar-refractivity contribution is -0.116. The van der Waals surface area contributed by atoms with Crippen LogP contribution in [0.5, 0.6) is 0 Å². The Kier molecular flexibility index (Phi) is 5.59. The van der Waals surface area contributed by atoms with Crippen molar-refractivity contribution in [1.29, 1.82) is 0 Å². The van der Waals surface area contributed by atoms with Gasteiger partial charge >= 0.3 is 0 Å². The Morgan fingerprint density at radius 1 is 1.12 bits per heavy atom. The quantitative estimate of drug-likeness (QED) is 0.697. The third-order valence-corrected chi connectivity index (χ3v) is 4.21. The van der Waals surface area contributed by atoms with Gasteiger partial charge in [-0.15, -0.1) is 0 Å². The molecule has 0 atom stereocenters. The van der Waals surface area contributed by atoms with E-state index in [1.807, 2.05) is 73.1 Å². The third-order valence-electron chi connectivity index (χ3n) is 4.21. The van der Waals surface area contributed by atoms with E-state index in [0.29, 0.717) is 6.54 Å². The summed E-state index contributed by atoms with van der Waals surface area (Å²) in [6.07, 6.45) is 5.86. The zero-order chi connectivity index (χ0) is 18.4. The summed E-state index contributed by atoms with van der Waals surface area (Å²) in [6.45, 7) is 4.58. The number of carbonyl (C=O) groups excluding carboxylic acids is 1. The summed E-state index contributed by atoms with van der Waals surface area (Å²) in [5, 5.41) is 7.51. The van der Waals surface area contributed by atoms with E-state index < -0.39 is 0 Å². The highest BCUT2D eigenvalue weighted by Gasteiger charge is 2.13. The van der Waals surface area contributed by atoms with Crippen molar-refractivity contribution in [2.75, 3.05) is 6.54 Å². The van der Waals surface area contributed by atoms with E-state index in [9.17, 15) is 4.79 Å². The summed E-state index contributed by atoms with van der Waals surface area (Å²) >= 11 is 0. The molecule has 1 amide bonds. The second-order valence-corrected chi connectivity index (χ2v) is 6.03. The first-order chi connectivity index (χ1) is 12.6. The lowest BCUT2D eigenvalue weighted by Gasteiger charge is -2.05. The van der Waals surface area contributed by atoms with Crippen LogP contribution in [0.3, 0.4) is 0 Å². The molecule has 5 heteroatoms. The summed E-state index contributed by atoms with van der Waals surface area (Å²) in [4.78, 5) is 16.3. The molecule has 0 saturated heterocycles. The number of hydrogen-bond acceptors (Lipinski definition) is 3. The fourth-order valence-electron chi connectivity index (χ4n) is 2.84. The molecule has 132 valence electrons. The lowest BCUT2D eigenvalue weighted by atomic mass is 10.1. The molecule has 26 heavy (non-hydrogen) atoms. The van der Waals surface area contributed by atoms with Gasteiger partial charge in [0.25, 0.3) is 0 Å². The number of nitrogens with zero attached hydrogens (tertiary/aromatic N) is 3. The number of carbonyl (C=O) groups is 1. The van der Waals surface area contributed by atoms with Gasteiger partial charge in [-0.1, -0.05) is 36.4 Å². The molecule has 2 aromatic heterocycles. The van der Waals surface area contributed by atoms with Crippen molar-refractivity contribution in [2.45, 2.75) is 20.3 Å². The second-order valence-electron chi connectivity index (χ2n) is 6.03. The average molecular weight is 346 g/mol. The molecule has 3 aromatic rings. The van der Waals surface area contributed by atoms with Gasteiger partial charge in [0.05, 0.1) is 5.69 Å². The highest BCUT2D eigenvalue weighted by Crippen LogP contribution is 2.16. The van der Waals surface area contributed by atoms with Crippen molar-refractivity contribution in [3.63, 3.8) is 0 Å². The molecule has 5 nitrogen and oxygen atoms in total. The van der Waals surface area contributed by atoms with E-state index in [2.05, 4.69) is 15.4 Å². The van der Waals surface area contributed by atoms with E-state index in [-0.39, 0.29) is 5.91 Å². The minimum atomic E-state index is -0.0960. The van der Waals surface area contributed by atoms with E-state index in [0.717, 1.165) is 34.8 Å². The normalized spacial score (nSPS) is 11.0. The minimum absolute atomic E-state index is 0.0960. The maximum atomic E-state index is 12.0. The molecule has 0 spiro atoms. The van der Waals surface area contributed by atoms with Gasteiger partial charge in [-0.05, 0) is 49.6 Å². The summed E-state index contributed by atoms with van der Waals surface area (Å²) in [5.41, 5.74) is 4.16. The van der Waals surface area contributed by atoms with E-state index >= 15 is 0 Å². The molecule has 1 N–H and O–H groups in total. The van der Waals surface area contributed by atoms with Gasteiger partial charge in [0.15, 0.2) is 5.82 Å².